The van der Waals surface area contributed by atoms with Gasteiger partial charge in [-0.2, -0.15) is 0 Å². The molecule has 1 nitrogen and oxygen atoms in total. The molecule has 5 rings (SSSR count). The molecule has 0 radical (unpaired) electrons. The van der Waals surface area contributed by atoms with Crippen molar-refractivity contribution < 1.29 is 4.57 Å². The van der Waals surface area contributed by atoms with Crippen LogP contribution in [0.2, 0.25) is 16.6 Å². The van der Waals surface area contributed by atoms with E-state index in [1.165, 1.54) is 16.7 Å². The Balaban J connectivity index is 1.95. The quantitative estimate of drug-likeness (QED) is 0.190. The molecule has 1 unspecified atom stereocenters. The molecule has 0 amide bonds. The summed E-state index contributed by atoms with van der Waals surface area (Å²) in [5.41, 5.74) is 11.3. The lowest BCUT2D eigenvalue weighted by Gasteiger charge is -2.38. The molecular weight excluding hydrogens is 483 g/mol. The molecule has 0 bridgehead atoms. The number of hydrogen-bond acceptors (Lipinski definition) is 1. The lowest BCUT2D eigenvalue weighted by molar-refractivity contribution is 0.591. The van der Waals surface area contributed by atoms with Gasteiger partial charge in [0.25, 0.3) is 0 Å². The van der Waals surface area contributed by atoms with Gasteiger partial charge in [-0.25, -0.2) is 0 Å². The Hall–Kier alpha value is -2.59. The van der Waals surface area contributed by atoms with Gasteiger partial charge in [0.05, 0.1) is 5.31 Å². The van der Waals surface area contributed by atoms with Crippen LogP contribution in [0.3, 0.4) is 0 Å². The molecule has 3 heteroatoms. The van der Waals surface area contributed by atoms with E-state index in [-0.39, 0.29) is 5.41 Å². The molecule has 2 aliphatic rings. The summed E-state index contributed by atoms with van der Waals surface area (Å²) >= 11 is 0. The van der Waals surface area contributed by atoms with E-state index in [1.54, 1.807) is 0 Å². The minimum Gasteiger partial charge on any atom is -0.308 e. The highest BCUT2D eigenvalue weighted by Crippen LogP contribution is 2.64. The Morgan fingerprint density at radius 3 is 1.92 bits per heavy atom. The number of benzene rings is 3. The van der Waals surface area contributed by atoms with Crippen LogP contribution in [0.4, 0.5) is 0 Å². The van der Waals surface area contributed by atoms with Gasteiger partial charge in [0.1, 0.15) is 8.07 Å². The third-order valence-corrected chi connectivity index (χ3v) is 18.4. The lowest BCUT2D eigenvalue weighted by Crippen LogP contribution is -2.43. The van der Waals surface area contributed by atoms with Crippen LogP contribution >= 0.6 is 7.14 Å². The van der Waals surface area contributed by atoms with Crippen LogP contribution in [0.1, 0.15) is 77.6 Å². The SMILES string of the molecule is CC(C)[Si](C#CC1=C2c3ccccc3C(C)(C)c3cccc(c32)P1(=O)c1ccccc1)(C(C)C)C(C)C. The van der Waals surface area contributed by atoms with Crippen LogP contribution in [0.15, 0.2) is 78.1 Å². The van der Waals surface area contributed by atoms with Gasteiger partial charge in [-0.3, -0.25) is 0 Å². The van der Waals surface area contributed by atoms with E-state index in [1.807, 2.05) is 30.3 Å². The number of allylic oxidation sites excluding steroid dienone is 1. The predicted molar refractivity (Wildman–Crippen MR) is 163 cm³/mol. The highest BCUT2D eigenvalue weighted by molar-refractivity contribution is 7.83. The fourth-order valence-electron chi connectivity index (χ4n) is 7.28. The molecule has 0 fully saturated rings. The zero-order chi connectivity index (χ0) is 26.8. The van der Waals surface area contributed by atoms with Gasteiger partial charge in [0.15, 0.2) is 7.14 Å². The van der Waals surface area contributed by atoms with Gasteiger partial charge in [-0.1, -0.05) is 134 Å². The summed E-state index contributed by atoms with van der Waals surface area (Å²) in [5.74, 6) is 3.76. The van der Waals surface area contributed by atoms with Crippen molar-refractivity contribution in [1.29, 1.82) is 0 Å². The average molecular weight is 523 g/mol. The molecule has 1 aliphatic carbocycles. The molecule has 190 valence electrons. The molecule has 0 saturated heterocycles. The Morgan fingerprint density at radius 2 is 1.30 bits per heavy atom. The fourth-order valence-corrected chi connectivity index (χ4v) is 15.6. The normalized spacial score (nSPS) is 19.6. The minimum atomic E-state index is -3.14. The lowest BCUT2D eigenvalue weighted by atomic mass is 9.67. The second-order valence-electron chi connectivity index (χ2n) is 12.2. The maximum Gasteiger partial charge on any atom is 0.180 e. The van der Waals surface area contributed by atoms with E-state index in [9.17, 15) is 0 Å². The minimum absolute atomic E-state index is 0.178. The second kappa shape index (κ2) is 9.01. The molecule has 0 aromatic heterocycles. The third-order valence-electron chi connectivity index (χ3n) is 9.11. The predicted octanol–water partition coefficient (Wildman–Crippen LogP) is 8.63. The first-order valence-electron chi connectivity index (χ1n) is 13.7. The van der Waals surface area contributed by atoms with E-state index in [0.29, 0.717) is 16.6 Å². The monoisotopic (exact) mass is 522 g/mol. The van der Waals surface area contributed by atoms with E-state index < -0.39 is 15.2 Å². The Labute approximate surface area is 224 Å². The first-order chi connectivity index (χ1) is 17.5. The summed E-state index contributed by atoms with van der Waals surface area (Å²) in [5, 5.41) is 2.70. The summed E-state index contributed by atoms with van der Waals surface area (Å²) in [7, 11) is -5.18. The van der Waals surface area contributed by atoms with Crippen molar-refractivity contribution in [2.24, 2.45) is 0 Å². The molecule has 1 aliphatic heterocycles. The summed E-state index contributed by atoms with van der Waals surface area (Å²) in [6.07, 6.45) is 0. The number of rotatable bonds is 4. The number of hydrogen-bond donors (Lipinski definition) is 0. The zero-order valence-corrected chi connectivity index (χ0v) is 25.4. The van der Waals surface area contributed by atoms with Gasteiger partial charge in [0, 0.05) is 21.6 Å². The summed E-state index contributed by atoms with van der Waals surface area (Å²) < 4.78 is 15.6. The van der Waals surface area contributed by atoms with Crippen molar-refractivity contribution in [2.75, 3.05) is 0 Å². The van der Waals surface area contributed by atoms with Crippen LogP contribution in [0.25, 0.3) is 5.57 Å². The molecule has 1 heterocycles. The van der Waals surface area contributed by atoms with Gasteiger partial charge < -0.3 is 4.57 Å². The maximum atomic E-state index is 15.6. The number of fused-ring (bicyclic) bond motifs is 2. The highest BCUT2D eigenvalue weighted by atomic mass is 31.2. The molecule has 3 aromatic carbocycles. The molecule has 0 N–H and O–H groups in total. The second-order valence-corrected chi connectivity index (χ2v) is 20.4. The maximum absolute atomic E-state index is 15.6. The van der Waals surface area contributed by atoms with Crippen molar-refractivity contribution in [3.05, 3.63) is 100 Å². The topological polar surface area (TPSA) is 17.1 Å². The van der Waals surface area contributed by atoms with Gasteiger partial charge >= 0.3 is 0 Å². The van der Waals surface area contributed by atoms with Gasteiger partial charge in [0.2, 0.25) is 0 Å². The molecular formula is C34H39OPSi. The van der Waals surface area contributed by atoms with Crippen LogP contribution in [-0.2, 0) is 9.98 Å². The molecule has 0 saturated carbocycles. The van der Waals surface area contributed by atoms with Gasteiger partial charge in [-0.15, -0.1) is 5.54 Å². The molecule has 37 heavy (non-hydrogen) atoms. The van der Waals surface area contributed by atoms with Crippen LogP contribution < -0.4 is 10.6 Å². The first-order valence-corrected chi connectivity index (χ1v) is 17.6. The first kappa shape index (κ1) is 26.0. The highest BCUT2D eigenvalue weighted by Gasteiger charge is 2.49. The van der Waals surface area contributed by atoms with E-state index in [2.05, 4.69) is 109 Å². The smallest absolute Gasteiger partial charge is 0.180 e. The van der Waals surface area contributed by atoms with Crippen LogP contribution in [-0.4, -0.2) is 8.07 Å². The Bertz CT molecular complexity index is 1490. The largest absolute Gasteiger partial charge is 0.308 e. The summed E-state index contributed by atoms with van der Waals surface area (Å²) in [4.78, 5) is 0. The summed E-state index contributed by atoms with van der Waals surface area (Å²) in [6.45, 7) is 18.6. The fraction of sp³-hybridized carbons (Fsp3) is 0.353. The van der Waals surface area contributed by atoms with Gasteiger partial charge in [-0.05, 0) is 38.9 Å². The van der Waals surface area contributed by atoms with Crippen molar-refractivity contribution in [3.63, 3.8) is 0 Å². The Kier molecular flexibility index (Phi) is 6.34. The van der Waals surface area contributed by atoms with Crippen LogP contribution in [0, 0.1) is 11.5 Å². The Morgan fingerprint density at radius 1 is 0.730 bits per heavy atom. The van der Waals surface area contributed by atoms with E-state index >= 15 is 4.57 Å². The standard InChI is InChI=1S/C34H39OPSi/c1-23(2)37(24(3)4,25(5)6)22-21-31-32-27-17-12-13-18-28(27)34(7,8)29-19-14-20-30(33(29)32)36(31,35)26-15-10-9-11-16-26/h9-20,23-25H,1-8H3. The average Bonchev–Trinajstić information content (AvgIpc) is 3.13. The molecule has 0 spiro atoms. The van der Waals surface area contributed by atoms with Crippen molar-refractivity contribution in [1.82, 2.24) is 0 Å². The van der Waals surface area contributed by atoms with E-state index in [4.69, 9.17) is 0 Å². The van der Waals surface area contributed by atoms with Crippen LogP contribution in [0.5, 0.6) is 0 Å². The van der Waals surface area contributed by atoms with Crippen molar-refractivity contribution in [2.45, 2.75) is 77.4 Å². The van der Waals surface area contributed by atoms with Crippen molar-refractivity contribution in [3.8, 4) is 11.5 Å². The third kappa shape index (κ3) is 3.55. The zero-order valence-electron chi connectivity index (χ0n) is 23.5. The summed E-state index contributed by atoms with van der Waals surface area (Å²) in [6, 6.07) is 25.2. The van der Waals surface area contributed by atoms with Crippen molar-refractivity contribution >= 4 is 31.4 Å². The molecule has 1 atom stereocenters. The van der Waals surface area contributed by atoms with E-state index in [0.717, 1.165) is 27.1 Å². The molecule has 3 aromatic rings.